The van der Waals surface area contributed by atoms with Gasteiger partial charge in [-0.3, -0.25) is 4.57 Å². The molecule has 0 aromatic heterocycles. The lowest BCUT2D eigenvalue weighted by molar-refractivity contribution is 0.109. The van der Waals surface area contributed by atoms with E-state index in [0.29, 0.717) is 5.56 Å². The number of benzene rings is 1. The van der Waals surface area contributed by atoms with Crippen molar-refractivity contribution in [1.82, 2.24) is 0 Å². The van der Waals surface area contributed by atoms with E-state index in [9.17, 15) is 9.36 Å². The molecule has 6 nitrogen and oxygen atoms in total. The molecule has 1 aromatic rings. The minimum Gasteiger partial charge on any atom is -0.428 e. The van der Waals surface area contributed by atoms with Crippen LogP contribution in [0.4, 0.5) is 4.79 Å². The van der Waals surface area contributed by atoms with Crippen molar-refractivity contribution in [2.24, 2.45) is 5.73 Å². The summed E-state index contributed by atoms with van der Waals surface area (Å²) in [6, 6.07) is 6.95. The van der Waals surface area contributed by atoms with Crippen molar-refractivity contribution in [2.45, 2.75) is 12.8 Å². The normalized spacial score (nSPS) is 12.9. The van der Waals surface area contributed by atoms with E-state index in [2.05, 4.69) is 0 Å². The monoisotopic (exact) mass is 369 g/mol. The smallest absolute Gasteiger partial charge is 0.405 e. The molecule has 1 atom stereocenters. The third-order valence-electron chi connectivity index (χ3n) is 2.67. The number of amides is 1. The van der Waals surface area contributed by atoms with Crippen molar-refractivity contribution in [2.75, 3.05) is 25.0 Å². The van der Waals surface area contributed by atoms with Gasteiger partial charge in [-0.05, 0) is 12.5 Å². The number of rotatable bonds is 9. The number of nitrogens with two attached hydrogens (primary N) is 1. The minimum absolute atomic E-state index is 0.0361. The van der Waals surface area contributed by atoms with Gasteiger partial charge >= 0.3 is 13.7 Å². The zero-order valence-electron chi connectivity index (χ0n) is 12.0. The molecule has 0 saturated carbocycles. The third-order valence-corrected chi connectivity index (χ3v) is 5.02. The molecule has 0 aliphatic heterocycles. The van der Waals surface area contributed by atoms with Gasteiger partial charge in [-0.1, -0.05) is 24.3 Å². The highest BCUT2D eigenvalue weighted by molar-refractivity contribution is 7.54. The highest BCUT2D eigenvalue weighted by atomic mass is 35.5. The van der Waals surface area contributed by atoms with E-state index in [1.54, 1.807) is 31.2 Å². The Labute approximate surface area is 139 Å². The summed E-state index contributed by atoms with van der Waals surface area (Å²) < 4.78 is 28.6. The van der Waals surface area contributed by atoms with Crippen LogP contribution in [0.5, 0.6) is 0 Å². The lowest BCUT2D eigenvalue weighted by Gasteiger charge is -2.27. The molecule has 0 aliphatic rings. The van der Waals surface area contributed by atoms with Crippen LogP contribution in [0.1, 0.15) is 17.0 Å². The van der Waals surface area contributed by atoms with Crippen LogP contribution in [0.2, 0.25) is 0 Å². The zero-order valence-corrected chi connectivity index (χ0v) is 14.4. The van der Waals surface area contributed by atoms with E-state index >= 15 is 0 Å². The van der Waals surface area contributed by atoms with Gasteiger partial charge in [-0.2, -0.15) is 0 Å². The maximum atomic E-state index is 13.0. The molecule has 1 rings (SSSR count). The second kappa shape index (κ2) is 9.38. The molecule has 0 fully saturated rings. The van der Waals surface area contributed by atoms with Crippen molar-refractivity contribution >= 4 is 36.9 Å². The van der Waals surface area contributed by atoms with Gasteiger partial charge in [0.25, 0.3) is 0 Å². The number of ether oxygens (including phenoxy) is 1. The average Bonchev–Trinajstić information content (AvgIpc) is 2.49. The summed E-state index contributed by atoms with van der Waals surface area (Å²) in [5.74, 6) is -1.08. The maximum Gasteiger partial charge on any atom is 0.405 e. The fourth-order valence-electron chi connectivity index (χ4n) is 1.77. The Morgan fingerprint density at radius 1 is 1.23 bits per heavy atom. The SMILES string of the molecule is Cc1ccccc1C(OC(N)=O)P(=O)(OCCCl)OCCCl. The van der Waals surface area contributed by atoms with Gasteiger partial charge in [-0.15, -0.1) is 23.2 Å². The summed E-state index contributed by atoms with van der Waals surface area (Å²) in [7, 11) is -3.86. The van der Waals surface area contributed by atoms with E-state index in [4.69, 9.17) is 42.7 Å². The molecule has 0 spiro atoms. The van der Waals surface area contributed by atoms with Crippen LogP contribution < -0.4 is 5.73 Å². The Kier molecular flexibility index (Phi) is 8.21. The number of hydrogen-bond donors (Lipinski definition) is 1. The largest absolute Gasteiger partial charge is 0.428 e. The second-order valence-corrected chi connectivity index (χ2v) is 7.05. The van der Waals surface area contributed by atoms with Crippen LogP contribution in [0.15, 0.2) is 24.3 Å². The van der Waals surface area contributed by atoms with E-state index in [-0.39, 0.29) is 25.0 Å². The van der Waals surface area contributed by atoms with Crippen LogP contribution in [0.3, 0.4) is 0 Å². The quantitative estimate of drug-likeness (QED) is 0.528. The zero-order chi connectivity index (χ0) is 16.6. The molecule has 0 saturated heterocycles. The number of aryl methyl sites for hydroxylation is 1. The molecular formula is C13H18Cl2NO5P. The first-order valence-corrected chi connectivity index (χ1v) is 9.15. The molecule has 0 radical (unpaired) electrons. The summed E-state index contributed by atoms with van der Waals surface area (Å²) in [6.07, 6.45) is -1.09. The molecule has 0 bridgehead atoms. The van der Waals surface area contributed by atoms with E-state index in [1.165, 1.54) is 0 Å². The van der Waals surface area contributed by atoms with E-state index in [1.807, 2.05) is 0 Å². The fraction of sp³-hybridized carbons (Fsp3) is 0.462. The first-order chi connectivity index (χ1) is 10.4. The van der Waals surface area contributed by atoms with Crippen molar-refractivity contribution in [3.8, 4) is 0 Å². The van der Waals surface area contributed by atoms with Crippen molar-refractivity contribution < 1.29 is 23.1 Å². The predicted octanol–water partition coefficient (Wildman–Crippen LogP) is 3.79. The number of primary amides is 1. The minimum atomic E-state index is -3.86. The number of halogens is 2. The number of hydrogen-bond acceptors (Lipinski definition) is 5. The van der Waals surface area contributed by atoms with Gasteiger partial charge in [0.15, 0.2) is 0 Å². The molecule has 0 aliphatic carbocycles. The lowest BCUT2D eigenvalue weighted by Crippen LogP contribution is -2.20. The van der Waals surface area contributed by atoms with Gasteiger partial charge in [0.1, 0.15) is 0 Å². The van der Waals surface area contributed by atoms with Crippen molar-refractivity contribution in [1.29, 1.82) is 0 Å². The van der Waals surface area contributed by atoms with Gasteiger partial charge in [0, 0.05) is 17.3 Å². The van der Waals surface area contributed by atoms with Crippen molar-refractivity contribution in [3.63, 3.8) is 0 Å². The van der Waals surface area contributed by atoms with Crippen LogP contribution >= 0.6 is 30.8 Å². The number of carbonyl (C=O) groups is 1. The number of alkyl halides is 2. The van der Waals surface area contributed by atoms with Crippen molar-refractivity contribution in [3.05, 3.63) is 35.4 Å². The van der Waals surface area contributed by atoms with Gasteiger partial charge < -0.3 is 19.5 Å². The Morgan fingerprint density at radius 3 is 2.23 bits per heavy atom. The lowest BCUT2D eigenvalue weighted by atomic mass is 10.1. The maximum absolute atomic E-state index is 13.0. The summed E-state index contributed by atoms with van der Waals surface area (Å²) in [6.45, 7) is 1.71. The van der Waals surface area contributed by atoms with Gasteiger partial charge in [0.2, 0.25) is 5.85 Å². The Hall–Kier alpha value is -0.780. The molecule has 1 aromatic carbocycles. The summed E-state index contributed by atoms with van der Waals surface area (Å²) >= 11 is 11.1. The Morgan fingerprint density at radius 2 is 1.77 bits per heavy atom. The summed E-state index contributed by atoms with van der Waals surface area (Å²) in [4.78, 5) is 11.2. The Bertz CT molecular complexity index is 531. The first kappa shape index (κ1) is 19.3. The first-order valence-electron chi connectivity index (χ1n) is 6.47. The van der Waals surface area contributed by atoms with Crippen LogP contribution in [-0.4, -0.2) is 31.1 Å². The van der Waals surface area contributed by atoms with Gasteiger partial charge in [-0.25, -0.2) is 4.79 Å². The molecule has 0 heterocycles. The standard InChI is InChI=1S/C13H18Cl2NO5P/c1-10-4-2-3-5-11(10)12(21-13(16)17)22(18,19-8-6-14)20-9-7-15/h2-5,12H,6-9H2,1H3,(H2,16,17). The summed E-state index contributed by atoms with van der Waals surface area (Å²) in [5, 5.41) is 0. The molecule has 1 amide bonds. The molecule has 2 N–H and O–H groups in total. The molecular weight excluding hydrogens is 352 g/mol. The topological polar surface area (TPSA) is 87.9 Å². The summed E-state index contributed by atoms with van der Waals surface area (Å²) in [5.41, 5.74) is 6.32. The highest BCUT2D eigenvalue weighted by Gasteiger charge is 2.41. The highest BCUT2D eigenvalue weighted by Crippen LogP contribution is 2.61. The van der Waals surface area contributed by atoms with Gasteiger partial charge in [0.05, 0.1) is 13.2 Å². The average molecular weight is 370 g/mol. The van der Waals surface area contributed by atoms with Crippen LogP contribution in [-0.2, 0) is 18.3 Å². The fourth-order valence-corrected chi connectivity index (χ4v) is 4.04. The Balaban J connectivity index is 3.22. The van der Waals surface area contributed by atoms with E-state index < -0.39 is 19.5 Å². The molecule has 22 heavy (non-hydrogen) atoms. The van der Waals surface area contributed by atoms with Crippen LogP contribution in [0.25, 0.3) is 0 Å². The second-order valence-electron chi connectivity index (χ2n) is 4.23. The molecule has 9 heteroatoms. The molecule has 1 unspecified atom stereocenters. The van der Waals surface area contributed by atoms with E-state index in [0.717, 1.165) is 5.56 Å². The predicted molar refractivity (Wildman–Crippen MR) is 85.5 cm³/mol. The molecule has 124 valence electrons. The number of carbonyl (C=O) groups excluding carboxylic acids is 1. The van der Waals surface area contributed by atoms with Crippen LogP contribution in [0, 0.1) is 6.92 Å². The third kappa shape index (κ3) is 5.45.